The number of halogens is 3. The van der Waals surface area contributed by atoms with Crippen LogP contribution in [0, 0.1) is 0 Å². The number of rotatable bonds is 6. The number of ether oxygens (including phenoxy) is 2. The van der Waals surface area contributed by atoms with E-state index in [1.165, 1.54) is 39.3 Å². The zero-order chi connectivity index (χ0) is 20.9. The molecule has 1 N–H and O–H groups in total. The van der Waals surface area contributed by atoms with Crippen molar-refractivity contribution in [3.05, 3.63) is 48.0 Å². The lowest BCUT2D eigenvalue weighted by atomic mass is 10.1. The Labute approximate surface area is 159 Å². The predicted octanol–water partition coefficient (Wildman–Crippen LogP) is 3.71. The number of hydrogen-bond acceptors (Lipinski definition) is 4. The number of anilines is 2. The van der Waals surface area contributed by atoms with Crippen molar-refractivity contribution in [1.29, 1.82) is 0 Å². The van der Waals surface area contributed by atoms with Crippen LogP contribution >= 0.6 is 0 Å². The number of hydrogen-bond donors (Lipinski definition) is 1. The van der Waals surface area contributed by atoms with Crippen LogP contribution in [0.15, 0.2) is 42.5 Å². The van der Waals surface area contributed by atoms with E-state index >= 15 is 0 Å². The van der Waals surface area contributed by atoms with E-state index in [9.17, 15) is 22.8 Å². The molecule has 0 bridgehead atoms. The molecule has 9 heteroatoms. The van der Waals surface area contributed by atoms with E-state index in [1.807, 2.05) is 0 Å². The van der Waals surface area contributed by atoms with Crippen LogP contribution in [-0.2, 0) is 15.8 Å². The van der Waals surface area contributed by atoms with Gasteiger partial charge in [0.1, 0.15) is 18.0 Å². The van der Waals surface area contributed by atoms with Gasteiger partial charge in [-0.2, -0.15) is 13.2 Å². The zero-order valence-electron chi connectivity index (χ0n) is 15.5. The van der Waals surface area contributed by atoms with Gasteiger partial charge in [0, 0.05) is 13.0 Å². The summed E-state index contributed by atoms with van der Waals surface area (Å²) in [5, 5.41) is 2.21. The third-order valence-corrected chi connectivity index (χ3v) is 3.87. The molecule has 28 heavy (non-hydrogen) atoms. The molecule has 2 rings (SSSR count). The second kappa shape index (κ2) is 8.64. The first-order chi connectivity index (χ1) is 13.2. The molecule has 0 aliphatic carbocycles. The fraction of sp³-hybridized carbons (Fsp3) is 0.263. The zero-order valence-corrected chi connectivity index (χ0v) is 15.5. The summed E-state index contributed by atoms with van der Waals surface area (Å²) in [4.78, 5) is 25.6. The maximum Gasteiger partial charge on any atom is 0.418 e. The van der Waals surface area contributed by atoms with Gasteiger partial charge in [-0.25, -0.2) is 0 Å². The van der Waals surface area contributed by atoms with Crippen molar-refractivity contribution in [1.82, 2.24) is 0 Å². The molecule has 0 aromatic heterocycles. The van der Waals surface area contributed by atoms with E-state index in [-0.39, 0.29) is 11.4 Å². The van der Waals surface area contributed by atoms with E-state index in [4.69, 9.17) is 9.47 Å². The van der Waals surface area contributed by atoms with Crippen molar-refractivity contribution in [2.45, 2.75) is 13.1 Å². The van der Waals surface area contributed by atoms with Crippen LogP contribution in [-0.4, -0.2) is 32.6 Å². The van der Waals surface area contributed by atoms with Gasteiger partial charge >= 0.3 is 6.18 Å². The Balaban J connectivity index is 2.30. The Morgan fingerprint density at radius 1 is 1.07 bits per heavy atom. The molecule has 2 aromatic carbocycles. The first kappa shape index (κ1) is 21.1. The first-order valence-electron chi connectivity index (χ1n) is 8.13. The summed E-state index contributed by atoms with van der Waals surface area (Å²) < 4.78 is 49.6. The molecule has 0 saturated carbocycles. The standard InChI is InChI=1S/C19H19F3N2O4/c1-12(25)24(16-10-13(27-2)8-9-17(16)28-3)11-18(26)23-15-7-5-4-6-14(15)19(20,21)22/h4-10H,11H2,1-3H3,(H,23,26). The molecule has 0 radical (unpaired) electrons. The van der Waals surface area contributed by atoms with Crippen LogP contribution in [0.25, 0.3) is 0 Å². The van der Waals surface area contributed by atoms with Gasteiger partial charge in [-0.3, -0.25) is 14.5 Å². The van der Waals surface area contributed by atoms with Gasteiger partial charge in [-0.05, 0) is 24.3 Å². The minimum Gasteiger partial charge on any atom is -0.497 e. The van der Waals surface area contributed by atoms with Crippen molar-refractivity contribution in [3.8, 4) is 11.5 Å². The van der Waals surface area contributed by atoms with E-state index in [2.05, 4.69) is 5.32 Å². The summed E-state index contributed by atoms with van der Waals surface area (Å²) in [6, 6.07) is 9.27. The van der Waals surface area contributed by atoms with Crippen LogP contribution in [0.1, 0.15) is 12.5 Å². The maximum absolute atomic E-state index is 13.1. The highest BCUT2D eigenvalue weighted by molar-refractivity contribution is 6.03. The second-order valence-corrected chi connectivity index (χ2v) is 5.73. The Hall–Kier alpha value is -3.23. The number of nitrogens with zero attached hydrogens (tertiary/aromatic N) is 1. The van der Waals surface area contributed by atoms with Crippen molar-refractivity contribution in [3.63, 3.8) is 0 Å². The van der Waals surface area contributed by atoms with Crippen molar-refractivity contribution in [2.24, 2.45) is 0 Å². The quantitative estimate of drug-likeness (QED) is 0.808. The van der Waals surface area contributed by atoms with E-state index in [0.29, 0.717) is 11.5 Å². The molecule has 0 aliphatic rings. The van der Waals surface area contributed by atoms with E-state index < -0.39 is 30.1 Å². The number of alkyl halides is 3. The molecule has 2 aromatic rings. The van der Waals surface area contributed by atoms with Gasteiger partial charge in [-0.1, -0.05) is 12.1 Å². The fourth-order valence-electron chi connectivity index (χ4n) is 2.55. The summed E-state index contributed by atoms with van der Waals surface area (Å²) in [6.07, 6.45) is -4.62. The number of carbonyl (C=O) groups is 2. The summed E-state index contributed by atoms with van der Waals surface area (Å²) in [5.74, 6) is -0.563. The van der Waals surface area contributed by atoms with Crippen LogP contribution in [0.5, 0.6) is 11.5 Å². The normalized spacial score (nSPS) is 10.9. The highest BCUT2D eigenvalue weighted by Gasteiger charge is 2.33. The summed E-state index contributed by atoms with van der Waals surface area (Å²) >= 11 is 0. The lowest BCUT2D eigenvalue weighted by Gasteiger charge is -2.23. The lowest BCUT2D eigenvalue weighted by Crippen LogP contribution is -2.37. The van der Waals surface area contributed by atoms with Crippen LogP contribution < -0.4 is 19.7 Å². The summed E-state index contributed by atoms with van der Waals surface area (Å²) in [5.41, 5.74) is -1.11. The number of amides is 2. The molecule has 0 atom stereocenters. The van der Waals surface area contributed by atoms with Gasteiger partial charge in [0.15, 0.2) is 0 Å². The smallest absolute Gasteiger partial charge is 0.418 e. The number of benzene rings is 2. The monoisotopic (exact) mass is 396 g/mol. The van der Waals surface area contributed by atoms with Crippen molar-refractivity contribution in [2.75, 3.05) is 31.0 Å². The molecule has 0 saturated heterocycles. The second-order valence-electron chi connectivity index (χ2n) is 5.73. The van der Waals surface area contributed by atoms with Crippen LogP contribution in [0.4, 0.5) is 24.5 Å². The Morgan fingerprint density at radius 3 is 2.32 bits per heavy atom. The average molecular weight is 396 g/mol. The third-order valence-electron chi connectivity index (χ3n) is 3.87. The van der Waals surface area contributed by atoms with Gasteiger partial charge in [0.25, 0.3) is 0 Å². The lowest BCUT2D eigenvalue weighted by molar-refractivity contribution is -0.137. The molecular weight excluding hydrogens is 377 g/mol. The molecule has 150 valence electrons. The highest BCUT2D eigenvalue weighted by Crippen LogP contribution is 2.35. The average Bonchev–Trinajstić information content (AvgIpc) is 2.65. The van der Waals surface area contributed by atoms with Crippen LogP contribution in [0.2, 0.25) is 0 Å². The van der Waals surface area contributed by atoms with Crippen LogP contribution in [0.3, 0.4) is 0 Å². The summed E-state index contributed by atoms with van der Waals surface area (Å²) in [6.45, 7) is 0.723. The number of methoxy groups -OCH3 is 2. The Morgan fingerprint density at radius 2 is 1.75 bits per heavy atom. The number of para-hydroxylation sites is 1. The largest absolute Gasteiger partial charge is 0.497 e. The fourth-order valence-corrected chi connectivity index (χ4v) is 2.55. The number of carbonyl (C=O) groups excluding carboxylic acids is 2. The maximum atomic E-state index is 13.1. The Kier molecular flexibility index (Phi) is 6.50. The molecular formula is C19H19F3N2O4. The molecule has 0 fully saturated rings. The topological polar surface area (TPSA) is 67.9 Å². The molecule has 0 heterocycles. The van der Waals surface area contributed by atoms with Gasteiger partial charge in [0.2, 0.25) is 11.8 Å². The van der Waals surface area contributed by atoms with Gasteiger partial charge < -0.3 is 14.8 Å². The van der Waals surface area contributed by atoms with E-state index in [0.717, 1.165) is 17.0 Å². The predicted molar refractivity (Wildman–Crippen MR) is 97.6 cm³/mol. The molecule has 2 amide bonds. The van der Waals surface area contributed by atoms with Crippen molar-refractivity contribution < 1.29 is 32.2 Å². The van der Waals surface area contributed by atoms with Gasteiger partial charge in [-0.15, -0.1) is 0 Å². The SMILES string of the molecule is COc1ccc(OC)c(N(CC(=O)Nc2ccccc2C(F)(F)F)C(C)=O)c1. The molecule has 0 unspecified atom stereocenters. The van der Waals surface area contributed by atoms with Crippen molar-refractivity contribution >= 4 is 23.2 Å². The molecule has 6 nitrogen and oxygen atoms in total. The van der Waals surface area contributed by atoms with E-state index in [1.54, 1.807) is 12.1 Å². The highest BCUT2D eigenvalue weighted by atomic mass is 19.4. The summed E-state index contributed by atoms with van der Waals surface area (Å²) in [7, 11) is 2.83. The molecule has 0 aliphatic heterocycles. The Bertz CT molecular complexity index is 868. The first-order valence-corrected chi connectivity index (χ1v) is 8.13. The molecule has 0 spiro atoms. The van der Waals surface area contributed by atoms with Gasteiger partial charge in [0.05, 0.1) is 31.2 Å². The minimum absolute atomic E-state index is 0.258. The third kappa shape index (κ3) is 4.93. The minimum atomic E-state index is -4.62. The number of nitrogens with one attached hydrogen (secondary N) is 1.